The van der Waals surface area contributed by atoms with E-state index in [1.54, 1.807) is 40.9 Å². The zero-order chi connectivity index (χ0) is 32.6. The van der Waals surface area contributed by atoms with E-state index in [0.717, 1.165) is 30.1 Å². The maximum absolute atomic E-state index is 13.1. The molecule has 2 N–H and O–H groups in total. The summed E-state index contributed by atoms with van der Waals surface area (Å²) in [6.45, 7) is 8.28. The number of carbonyl (C=O) groups is 2. The van der Waals surface area contributed by atoms with E-state index in [1.165, 1.54) is 43.9 Å². The number of benzene rings is 2. The molecule has 5 atom stereocenters. The quantitative estimate of drug-likeness (QED) is 0.0652. The maximum Gasteiger partial charge on any atom is 0.232 e. The van der Waals surface area contributed by atoms with Gasteiger partial charge in [-0.25, -0.2) is 0 Å². The van der Waals surface area contributed by atoms with E-state index in [1.807, 2.05) is 32.0 Å². The van der Waals surface area contributed by atoms with Gasteiger partial charge < -0.3 is 24.7 Å². The van der Waals surface area contributed by atoms with E-state index in [9.17, 15) is 18.9 Å². The van der Waals surface area contributed by atoms with Gasteiger partial charge in [0.05, 0.1) is 24.1 Å². The summed E-state index contributed by atoms with van der Waals surface area (Å²) in [4.78, 5) is 26.9. The molecule has 11 heteroatoms. The van der Waals surface area contributed by atoms with Gasteiger partial charge in [-0.2, -0.15) is 0 Å². The van der Waals surface area contributed by atoms with Crippen molar-refractivity contribution in [2.24, 2.45) is 11.1 Å². The number of hydrogen-bond donors (Lipinski definition) is 2. The van der Waals surface area contributed by atoms with Crippen LogP contribution in [0.5, 0.6) is 11.5 Å². The van der Waals surface area contributed by atoms with Gasteiger partial charge in [-0.15, -0.1) is 11.8 Å². The number of β-lactam (4-membered cyclic amide) rings is 1. The van der Waals surface area contributed by atoms with Crippen molar-refractivity contribution in [3.8, 4) is 11.5 Å². The number of ether oxygens (including phenoxy) is 2. The predicted octanol–water partition coefficient (Wildman–Crippen LogP) is 5.80. The van der Waals surface area contributed by atoms with Gasteiger partial charge in [0.1, 0.15) is 6.04 Å². The summed E-state index contributed by atoms with van der Waals surface area (Å²) in [7, 11) is -0.743. The summed E-state index contributed by atoms with van der Waals surface area (Å²) < 4.78 is 22.6. The third-order valence-electron chi connectivity index (χ3n) is 8.53. The van der Waals surface area contributed by atoms with Gasteiger partial charge in [0.2, 0.25) is 12.7 Å². The van der Waals surface area contributed by atoms with Crippen LogP contribution in [0.3, 0.4) is 0 Å². The lowest BCUT2D eigenvalue weighted by Crippen LogP contribution is -2.63. The highest BCUT2D eigenvalue weighted by atomic mass is 32.2. The van der Waals surface area contributed by atoms with Crippen LogP contribution in [-0.4, -0.2) is 77.9 Å². The normalized spacial score (nSPS) is 22.4. The second kappa shape index (κ2) is 16.1. The Kier molecular flexibility index (Phi) is 12.5. The zero-order valence-corrected chi connectivity index (χ0v) is 28.3. The number of unbranched alkanes of at least 4 members (excludes halogenated alkanes) is 5. The Morgan fingerprint density at radius 3 is 2.58 bits per heavy atom. The number of nitrogens with zero attached hydrogens (tertiary/aromatic N) is 2. The lowest BCUT2D eigenvalue weighted by molar-refractivity contribution is -0.154. The first-order valence-corrected chi connectivity index (χ1v) is 18.1. The second-order valence-corrected chi connectivity index (χ2v) is 16.0. The number of rotatable bonds is 14. The smallest absolute Gasteiger partial charge is 0.232 e. The minimum absolute atomic E-state index is 0.157. The molecule has 1 amide bonds. The number of fused-ring (bicyclic) bond motifs is 2. The van der Waals surface area contributed by atoms with Gasteiger partial charge in [0.15, 0.2) is 17.3 Å². The number of ketones is 1. The molecule has 5 rings (SSSR count). The molecule has 246 valence electrons. The summed E-state index contributed by atoms with van der Waals surface area (Å²) in [5.41, 5.74) is 2.11. The van der Waals surface area contributed by atoms with Crippen LogP contribution >= 0.6 is 11.8 Å². The van der Waals surface area contributed by atoms with Crippen LogP contribution in [-0.2, 0) is 22.0 Å². The summed E-state index contributed by atoms with van der Waals surface area (Å²) in [5, 5.41) is 21.1. The van der Waals surface area contributed by atoms with Crippen molar-refractivity contribution in [1.82, 2.24) is 4.90 Å². The standard InChI is InChI=1S/C18H28O3S.C16H18N2O4S/c1-3-4-5-6-7-8-11-22(19)15(2)12-16-9-10-17-18(13-16)21-14-20-17;1-16(2)13(18-14(21)11(8-19)15(18)23-16)12(20)10-6-4-3-5-9(10)7-17-22/h9-10,13,15H,3-8,11-12,14H2,1-2H3;3-7,11,13,15,19,22H,8H2,1-2H3/b;17-7+/t;11-,13+,15-/m.1/s1. The Morgan fingerprint density at radius 1 is 1.13 bits per heavy atom. The molecule has 3 aliphatic rings. The average Bonchev–Trinajstić information content (AvgIpc) is 3.59. The molecular weight excluding hydrogens is 613 g/mol. The third kappa shape index (κ3) is 8.29. The van der Waals surface area contributed by atoms with E-state index in [0.29, 0.717) is 17.9 Å². The first kappa shape index (κ1) is 35.0. The highest BCUT2D eigenvalue weighted by Gasteiger charge is 2.63. The Bertz CT molecular complexity index is 1380. The molecule has 3 aliphatic heterocycles. The van der Waals surface area contributed by atoms with E-state index in [2.05, 4.69) is 19.0 Å². The van der Waals surface area contributed by atoms with Gasteiger partial charge in [-0.3, -0.25) is 13.8 Å². The topological polar surface area (TPSA) is 126 Å². The largest absolute Gasteiger partial charge is 0.454 e. The lowest BCUT2D eigenvalue weighted by atomic mass is 9.86. The van der Waals surface area contributed by atoms with Crippen molar-refractivity contribution < 1.29 is 33.6 Å². The van der Waals surface area contributed by atoms with E-state index >= 15 is 0 Å². The Labute approximate surface area is 273 Å². The first-order chi connectivity index (χ1) is 21.6. The minimum atomic E-state index is -0.743. The fourth-order valence-electron chi connectivity index (χ4n) is 6.05. The number of amides is 1. The maximum atomic E-state index is 13.1. The highest BCUT2D eigenvalue weighted by molar-refractivity contribution is 8.01. The van der Waals surface area contributed by atoms with Gasteiger partial charge in [-0.05, 0) is 44.4 Å². The van der Waals surface area contributed by atoms with Crippen molar-refractivity contribution in [2.45, 2.75) is 94.1 Å². The van der Waals surface area contributed by atoms with Crippen molar-refractivity contribution >= 4 is 40.5 Å². The summed E-state index contributed by atoms with van der Waals surface area (Å²) in [5.74, 6) is 1.67. The zero-order valence-electron chi connectivity index (χ0n) is 26.6. The van der Waals surface area contributed by atoms with Gasteiger partial charge in [0.25, 0.3) is 0 Å². The van der Waals surface area contributed by atoms with Gasteiger partial charge >= 0.3 is 0 Å². The molecule has 2 aromatic rings. The average molecular weight is 659 g/mol. The van der Waals surface area contributed by atoms with Crippen molar-refractivity contribution in [1.29, 1.82) is 0 Å². The third-order valence-corrected chi connectivity index (χ3v) is 11.9. The molecule has 2 unspecified atom stereocenters. The molecule has 2 saturated heterocycles. The summed E-state index contributed by atoms with van der Waals surface area (Å²) in [6.07, 6.45) is 9.54. The van der Waals surface area contributed by atoms with Crippen LogP contribution in [0.25, 0.3) is 0 Å². The van der Waals surface area contributed by atoms with Gasteiger partial charge in [-0.1, -0.05) is 81.4 Å². The van der Waals surface area contributed by atoms with E-state index in [4.69, 9.17) is 14.7 Å². The summed E-state index contributed by atoms with van der Waals surface area (Å²) >= 11 is 1.55. The van der Waals surface area contributed by atoms with Crippen molar-refractivity contribution in [2.75, 3.05) is 19.2 Å². The fourth-order valence-corrected chi connectivity index (χ4v) is 8.99. The number of hydrogen-bond acceptors (Lipinski definition) is 9. The predicted molar refractivity (Wildman–Crippen MR) is 179 cm³/mol. The number of Topliss-reactive ketones (excluding diaryl/α,β-unsaturated/α-hetero) is 1. The molecule has 0 aliphatic carbocycles. The number of aliphatic hydroxyl groups excluding tert-OH is 1. The van der Waals surface area contributed by atoms with Crippen LogP contribution < -0.4 is 9.47 Å². The fraction of sp³-hybridized carbons (Fsp3) is 0.559. The number of aliphatic hydroxyl groups is 1. The molecule has 2 aromatic carbocycles. The van der Waals surface area contributed by atoms with Crippen LogP contribution in [0.4, 0.5) is 0 Å². The number of oxime groups is 1. The lowest BCUT2D eigenvalue weighted by Gasteiger charge is -2.43. The molecule has 0 aromatic heterocycles. The highest BCUT2D eigenvalue weighted by Crippen LogP contribution is 2.53. The van der Waals surface area contributed by atoms with Crippen molar-refractivity contribution in [3.63, 3.8) is 0 Å². The van der Waals surface area contributed by atoms with Crippen LogP contribution in [0.1, 0.15) is 87.7 Å². The molecule has 2 fully saturated rings. The van der Waals surface area contributed by atoms with Crippen LogP contribution in [0.15, 0.2) is 47.6 Å². The first-order valence-electron chi connectivity index (χ1n) is 15.8. The number of carbonyl (C=O) groups excluding carboxylic acids is 2. The van der Waals surface area contributed by atoms with E-state index in [-0.39, 0.29) is 28.9 Å². The monoisotopic (exact) mass is 658 g/mol. The van der Waals surface area contributed by atoms with Crippen LogP contribution in [0, 0.1) is 5.92 Å². The van der Waals surface area contributed by atoms with E-state index < -0.39 is 27.5 Å². The second-order valence-electron chi connectivity index (χ2n) is 12.3. The molecule has 45 heavy (non-hydrogen) atoms. The summed E-state index contributed by atoms with van der Waals surface area (Å²) in [6, 6.07) is 12.3. The number of thioether (sulfide) groups is 1. The minimum Gasteiger partial charge on any atom is -0.454 e. The molecule has 9 nitrogen and oxygen atoms in total. The SMILES string of the molecule is CC1(C)S[C@@H]2[C@H](CO)C(=O)N2[C@H]1C(=O)c1ccccc1/C=N/O.CCCCCCCCS(=O)C(C)Cc1ccc2c(c1)OCO2. The molecule has 0 saturated carbocycles. The molecule has 0 spiro atoms. The Morgan fingerprint density at radius 2 is 1.84 bits per heavy atom. The molecular formula is C34H46N2O7S2. The molecule has 0 radical (unpaired) electrons. The molecule has 0 bridgehead atoms. The Hall–Kier alpha value is -2.89. The van der Waals surface area contributed by atoms with Gasteiger partial charge in [0, 0.05) is 37.7 Å². The Balaban J connectivity index is 0.000000205. The van der Waals surface area contributed by atoms with Crippen LogP contribution in [0.2, 0.25) is 0 Å². The van der Waals surface area contributed by atoms with Crippen molar-refractivity contribution in [3.05, 3.63) is 59.2 Å². The molecule has 3 heterocycles.